The van der Waals surface area contributed by atoms with E-state index in [9.17, 15) is 14.7 Å². The number of carbonyl (C=O) groups excluding carboxylic acids is 2. The highest BCUT2D eigenvalue weighted by molar-refractivity contribution is 6.22. The molecule has 140 valence electrons. The number of amidine groups is 2. The lowest BCUT2D eigenvalue weighted by molar-refractivity contribution is -0.544. The van der Waals surface area contributed by atoms with Crippen molar-refractivity contribution in [1.29, 1.82) is 0 Å². The molecule has 3 amide bonds. The van der Waals surface area contributed by atoms with Crippen LogP contribution in [0.15, 0.2) is 4.99 Å². The minimum atomic E-state index is -0.720. The number of fused-ring (bicyclic) bond motifs is 1. The summed E-state index contributed by atoms with van der Waals surface area (Å²) in [4.78, 5) is 31.6. The van der Waals surface area contributed by atoms with Crippen LogP contribution in [0.1, 0.15) is 20.8 Å². The number of aliphatic hydroxyl groups is 1. The zero-order chi connectivity index (χ0) is 18.9. The normalized spacial score (nSPS) is 22.5. The van der Waals surface area contributed by atoms with Crippen LogP contribution in [-0.4, -0.2) is 102 Å². The number of nitrogens with zero attached hydrogens (tertiary/aromatic N) is 4. The lowest BCUT2D eigenvalue weighted by Gasteiger charge is -2.31. The van der Waals surface area contributed by atoms with E-state index in [4.69, 9.17) is 4.74 Å². The predicted molar refractivity (Wildman–Crippen MR) is 92.9 cm³/mol. The topological polar surface area (TPSA) is 97.5 Å². The highest BCUT2D eigenvalue weighted by Crippen LogP contribution is 2.19. The molecule has 2 atom stereocenters. The van der Waals surface area contributed by atoms with Gasteiger partial charge >= 0.3 is 11.9 Å². The third-order valence-corrected chi connectivity index (χ3v) is 4.16. The van der Waals surface area contributed by atoms with Crippen LogP contribution in [-0.2, 0) is 9.53 Å². The summed E-state index contributed by atoms with van der Waals surface area (Å²) in [6.45, 7) is 6.82. The monoisotopic (exact) mass is 354 g/mol. The highest BCUT2D eigenvalue weighted by atomic mass is 16.5. The molecular weight excluding hydrogens is 326 g/mol. The van der Waals surface area contributed by atoms with Gasteiger partial charge in [-0.3, -0.25) is 14.6 Å². The predicted octanol–water partition coefficient (Wildman–Crippen LogP) is -0.903. The first-order valence-corrected chi connectivity index (χ1v) is 8.25. The summed E-state index contributed by atoms with van der Waals surface area (Å²) in [7, 11) is 4.57. The van der Waals surface area contributed by atoms with Crippen LogP contribution in [0.25, 0.3) is 0 Å². The van der Waals surface area contributed by atoms with E-state index in [0.29, 0.717) is 18.2 Å². The molecule has 0 aromatic carbocycles. The molecule has 1 fully saturated rings. The molecule has 0 aliphatic carbocycles. The molecule has 9 heteroatoms. The fourth-order valence-corrected chi connectivity index (χ4v) is 2.82. The van der Waals surface area contributed by atoms with Crippen molar-refractivity contribution in [2.24, 2.45) is 4.99 Å². The van der Waals surface area contributed by atoms with Crippen molar-refractivity contribution < 1.29 is 24.0 Å². The number of aliphatic imine (C=N–C) groups is 1. The summed E-state index contributed by atoms with van der Waals surface area (Å²) in [6, 6.07) is -1.14. The number of urea groups is 1. The van der Waals surface area contributed by atoms with Crippen molar-refractivity contribution in [2.75, 3.05) is 40.9 Å². The van der Waals surface area contributed by atoms with Crippen LogP contribution in [0, 0.1) is 0 Å². The Morgan fingerprint density at radius 1 is 1.32 bits per heavy atom. The van der Waals surface area contributed by atoms with Crippen molar-refractivity contribution in [3.63, 3.8) is 0 Å². The van der Waals surface area contributed by atoms with Gasteiger partial charge in [0, 0.05) is 33.3 Å². The lowest BCUT2D eigenvalue weighted by atomic mass is 10.1. The SMILES string of the molecule is COCC1=[N+](CC(O)CNC(C)(C)C)C2C(=O)N(C)C(=O)N(C)C2=N1. The van der Waals surface area contributed by atoms with Gasteiger partial charge in [-0.05, 0) is 25.8 Å². The van der Waals surface area contributed by atoms with E-state index in [1.165, 1.54) is 19.1 Å². The molecule has 2 rings (SSSR count). The Bertz CT molecular complexity index is 623. The highest BCUT2D eigenvalue weighted by Gasteiger charge is 2.53. The van der Waals surface area contributed by atoms with Crippen molar-refractivity contribution in [1.82, 2.24) is 15.1 Å². The number of carbonyl (C=O) groups is 2. The van der Waals surface area contributed by atoms with Crippen molar-refractivity contribution >= 4 is 23.6 Å². The van der Waals surface area contributed by atoms with E-state index >= 15 is 0 Å². The van der Waals surface area contributed by atoms with Gasteiger partial charge in [-0.1, -0.05) is 0 Å². The number of rotatable bonds is 6. The number of likely N-dealkylation sites (N-methyl/N-ethyl adjacent to an activating group) is 2. The largest absolute Gasteiger partial charge is 0.388 e. The molecule has 2 aliphatic rings. The van der Waals surface area contributed by atoms with Gasteiger partial charge in [-0.15, -0.1) is 0 Å². The van der Waals surface area contributed by atoms with Crippen LogP contribution < -0.4 is 5.32 Å². The van der Waals surface area contributed by atoms with E-state index in [0.717, 1.165) is 4.90 Å². The third kappa shape index (κ3) is 4.05. The average Bonchev–Trinajstić information content (AvgIpc) is 2.87. The summed E-state index contributed by atoms with van der Waals surface area (Å²) in [5.41, 5.74) is -0.125. The molecule has 0 aromatic heterocycles. The molecule has 2 N–H and O–H groups in total. The Morgan fingerprint density at radius 3 is 2.52 bits per heavy atom. The molecule has 0 bridgehead atoms. The number of aliphatic hydroxyl groups excluding tert-OH is 1. The fraction of sp³-hybridized carbons (Fsp3) is 0.750. The molecule has 0 aromatic rings. The molecule has 2 aliphatic heterocycles. The summed E-state index contributed by atoms with van der Waals surface area (Å²) in [6.07, 6.45) is -0.707. The zero-order valence-corrected chi connectivity index (χ0v) is 15.7. The van der Waals surface area contributed by atoms with E-state index in [1.54, 1.807) is 11.6 Å². The molecular formula is C16H28N5O4+. The first-order chi connectivity index (χ1) is 11.6. The van der Waals surface area contributed by atoms with Crippen LogP contribution in [0.5, 0.6) is 0 Å². The Hall–Kier alpha value is -1.84. The quantitative estimate of drug-likeness (QED) is 0.603. The number of hydrogen-bond acceptors (Lipinski definition) is 6. The lowest BCUT2D eigenvalue weighted by Crippen LogP contribution is -2.62. The van der Waals surface area contributed by atoms with Gasteiger partial charge in [-0.25, -0.2) is 9.37 Å². The number of β-amino-alcohol motifs (C(OH)–C–C–N with tert-alkyl or cyclic N) is 1. The van der Waals surface area contributed by atoms with Gasteiger partial charge in [-0.2, -0.15) is 0 Å². The molecule has 0 radical (unpaired) electrons. The number of ether oxygens (including phenoxy) is 1. The Labute approximate surface area is 148 Å². The third-order valence-electron chi connectivity index (χ3n) is 4.16. The van der Waals surface area contributed by atoms with Gasteiger partial charge < -0.3 is 15.2 Å². The minimum absolute atomic E-state index is 0.125. The summed E-state index contributed by atoms with van der Waals surface area (Å²) < 4.78 is 6.89. The fourth-order valence-electron chi connectivity index (χ4n) is 2.82. The van der Waals surface area contributed by atoms with Gasteiger partial charge in [0.15, 0.2) is 6.61 Å². The maximum atomic E-state index is 12.6. The van der Waals surface area contributed by atoms with E-state index < -0.39 is 18.2 Å². The molecule has 9 nitrogen and oxygen atoms in total. The molecule has 25 heavy (non-hydrogen) atoms. The Morgan fingerprint density at radius 2 is 1.96 bits per heavy atom. The van der Waals surface area contributed by atoms with Gasteiger partial charge in [0.1, 0.15) is 12.6 Å². The second-order valence-electron chi connectivity index (χ2n) is 7.40. The standard InChI is InChI=1S/C16H28N5O4/c1-16(2,3)17-7-10(22)8-21-11(9-25-6)18-13-12(21)14(23)20(5)15(24)19(13)4/h10,12,17,22H,7-9H2,1-6H3/q+1. The molecule has 0 spiro atoms. The maximum Gasteiger partial charge on any atom is 0.333 e. The minimum Gasteiger partial charge on any atom is -0.388 e. The maximum absolute atomic E-state index is 12.6. The second-order valence-corrected chi connectivity index (χ2v) is 7.40. The van der Waals surface area contributed by atoms with Crippen molar-refractivity contribution in [3.8, 4) is 0 Å². The van der Waals surface area contributed by atoms with Crippen molar-refractivity contribution in [3.05, 3.63) is 0 Å². The van der Waals surface area contributed by atoms with Gasteiger partial charge in [0.05, 0.1) is 0 Å². The summed E-state index contributed by atoms with van der Waals surface area (Å²) in [5.74, 6) is 0.542. The number of amides is 3. The Balaban J connectivity index is 2.24. The van der Waals surface area contributed by atoms with Gasteiger partial charge in [0.2, 0.25) is 0 Å². The molecule has 0 saturated carbocycles. The number of hydrogen-bond donors (Lipinski definition) is 2. The average molecular weight is 354 g/mol. The van der Waals surface area contributed by atoms with E-state index in [1.807, 2.05) is 20.8 Å². The smallest absolute Gasteiger partial charge is 0.333 e. The van der Waals surface area contributed by atoms with Crippen LogP contribution in [0.4, 0.5) is 4.79 Å². The van der Waals surface area contributed by atoms with Gasteiger partial charge in [0.25, 0.3) is 17.8 Å². The van der Waals surface area contributed by atoms with Crippen molar-refractivity contribution in [2.45, 2.75) is 38.5 Å². The zero-order valence-electron chi connectivity index (χ0n) is 15.7. The number of nitrogens with one attached hydrogen (secondary N) is 1. The second kappa shape index (κ2) is 7.19. The van der Waals surface area contributed by atoms with Crippen LogP contribution >= 0.6 is 0 Å². The Kier molecular flexibility index (Phi) is 5.60. The number of imide groups is 1. The molecule has 2 unspecified atom stereocenters. The number of methoxy groups -OCH3 is 1. The van der Waals surface area contributed by atoms with E-state index in [-0.39, 0.29) is 24.6 Å². The molecule has 2 heterocycles. The summed E-state index contributed by atoms with van der Waals surface area (Å²) >= 11 is 0. The van der Waals surface area contributed by atoms with Crippen LogP contribution in [0.3, 0.4) is 0 Å². The first-order valence-electron chi connectivity index (χ1n) is 8.25. The molecule has 1 saturated heterocycles. The van der Waals surface area contributed by atoms with Crippen LogP contribution in [0.2, 0.25) is 0 Å². The summed E-state index contributed by atoms with van der Waals surface area (Å²) in [5, 5.41) is 13.6. The van der Waals surface area contributed by atoms with E-state index in [2.05, 4.69) is 10.3 Å². The first kappa shape index (κ1) is 19.5.